The van der Waals surface area contributed by atoms with Gasteiger partial charge in [0, 0.05) is 18.5 Å². The summed E-state index contributed by atoms with van der Waals surface area (Å²) < 4.78 is 29.4. The third-order valence-corrected chi connectivity index (χ3v) is 6.82. The lowest BCUT2D eigenvalue weighted by atomic mass is 10.0. The van der Waals surface area contributed by atoms with Crippen LogP contribution in [0.1, 0.15) is 24.5 Å². The Kier molecular flexibility index (Phi) is 6.51. The lowest BCUT2D eigenvalue weighted by Crippen LogP contribution is -2.19. The van der Waals surface area contributed by atoms with Crippen molar-refractivity contribution >= 4 is 50.4 Å². The zero-order valence-corrected chi connectivity index (χ0v) is 18.3. The first kappa shape index (κ1) is 21.6. The van der Waals surface area contributed by atoms with Gasteiger partial charge >= 0.3 is 5.97 Å². The summed E-state index contributed by atoms with van der Waals surface area (Å²) in [6.07, 6.45) is 0.724. The number of benzene rings is 2. The zero-order valence-electron chi connectivity index (χ0n) is 16.0. The summed E-state index contributed by atoms with van der Waals surface area (Å²) in [7, 11) is -3.75. The first-order valence-corrected chi connectivity index (χ1v) is 11.4. The van der Waals surface area contributed by atoms with E-state index in [1.54, 1.807) is 24.1 Å². The van der Waals surface area contributed by atoms with E-state index < -0.39 is 21.6 Å². The summed E-state index contributed by atoms with van der Waals surface area (Å²) in [6, 6.07) is 9.92. The van der Waals surface area contributed by atoms with Crippen molar-refractivity contribution in [3.63, 3.8) is 0 Å². The molecule has 0 saturated heterocycles. The Morgan fingerprint density at radius 1 is 1.17 bits per heavy atom. The average Bonchev–Trinajstić information content (AvgIpc) is 3.14. The first-order chi connectivity index (χ1) is 13.7. The van der Waals surface area contributed by atoms with Crippen LogP contribution in [0.5, 0.6) is 0 Å². The van der Waals surface area contributed by atoms with Gasteiger partial charge in [0.05, 0.1) is 32.9 Å². The second kappa shape index (κ2) is 8.73. The molecular formula is C20H20Cl2N2O4S. The minimum atomic E-state index is -3.75. The molecule has 1 aliphatic heterocycles. The Hall–Kier alpha value is -2.09. The van der Waals surface area contributed by atoms with Crippen molar-refractivity contribution in [2.45, 2.75) is 25.2 Å². The van der Waals surface area contributed by atoms with Gasteiger partial charge in [0.25, 0.3) is 0 Å². The van der Waals surface area contributed by atoms with E-state index in [0.29, 0.717) is 16.6 Å². The third-order valence-electron chi connectivity index (χ3n) is 4.49. The molecule has 154 valence electrons. The molecular weight excluding hydrogens is 435 g/mol. The number of carbonyl (C=O) groups is 1. The van der Waals surface area contributed by atoms with E-state index in [1.165, 1.54) is 12.1 Å². The fourth-order valence-electron chi connectivity index (χ4n) is 3.06. The molecule has 0 fully saturated rings. The van der Waals surface area contributed by atoms with Gasteiger partial charge in [-0.05, 0) is 55.8 Å². The summed E-state index contributed by atoms with van der Waals surface area (Å²) in [6.45, 7) is 4.38. The number of carbonyl (C=O) groups excluding carboxylic acids is 1. The molecule has 1 aliphatic rings. The second-order valence-electron chi connectivity index (χ2n) is 6.56. The highest BCUT2D eigenvalue weighted by Gasteiger charge is 2.22. The number of anilines is 1. The van der Waals surface area contributed by atoms with Crippen LogP contribution in [0.3, 0.4) is 0 Å². The summed E-state index contributed by atoms with van der Waals surface area (Å²) in [5.74, 6) is -1.44. The van der Waals surface area contributed by atoms with Crippen LogP contribution in [0, 0.1) is 6.92 Å². The van der Waals surface area contributed by atoms with Crippen molar-refractivity contribution in [2.24, 2.45) is 5.10 Å². The maximum atomic E-state index is 12.3. The van der Waals surface area contributed by atoms with E-state index >= 15 is 0 Å². The second-order valence-corrected chi connectivity index (χ2v) is 9.36. The molecule has 0 radical (unpaired) electrons. The van der Waals surface area contributed by atoms with Crippen LogP contribution in [-0.2, 0) is 19.4 Å². The molecule has 29 heavy (non-hydrogen) atoms. The lowest BCUT2D eigenvalue weighted by molar-refractivity contribution is -0.139. The van der Waals surface area contributed by atoms with E-state index in [1.807, 2.05) is 19.1 Å². The van der Waals surface area contributed by atoms with Gasteiger partial charge < -0.3 is 4.74 Å². The first-order valence-electron chi connectivity index (χ1n) is 9.00. The topological polar surface area (TPSA) is 76.0 Å². The molecule has 0 N–H and O–H groups in total. The van der Waals surface area contributed by atoms with Crippen molar-refractivity contribution in [2.75, 3.05) is 23.9 Å². The molecule has 6 nitrogen and oxygen atoms in total. The Balaban J connectivity index is 1.79. The van der Waals surface area contributed by atoms with E-state index in [2.05, 4.69) is 5.10 Å². The number of ether oxygens (including phenoxy) is 1. The number of hydrazone groups is 1. The predicted octanol–water partition coefficient (Wildman–Crippen LogP) is 4.25. The molecule has 0 unspecified atom stereocenters. The van der Waals surface area contributed by atoms with E-state index in [0.717, 1.165) is 28.9 Å². The molecule has 0 amide bonds. The fourth-order valence-corrected chi connectivity index (χ4v) is 4.55. The maximum absolute atomic E-state index is 12.3. The predicted molar refractivity (Wildman–Crippen MR) is 115 cm³/mol. The van der Waals surface area contributed by atoms with Gasteiger partial charge in [-0.1, -0.05) is 23.2 Å². The van der Waals surface area contributed by atoms with E-state index in [9.17, 15) is 13.2 Å². The summed E-state index contributed by atoms with van der Waals surface area (Å²) in [5, 5.41) is 7.43. The highest BCUT2D eigenvalue weighted by atomic mass is 35.5. The minimum Gasteiger partial charge on any atom is -0.465 e. The molecule has 0 spiro atoms. The van der Waals surface area contributed by atoms with Crippen LogP contribution in [-0.4, -0.2) is 39.0 Å². The average molecular weight is 455 g/mol. The van der Waals surface area contributed by atoms with Crippen LogP contribution >= 0.6 is 23.2 Å². The Morgan fingerprint density at radius 3 is 2.48 bits per heavy atom. The minimum absolute atomic E-state index is 0.0676. The number of halogens is 2. The maximum Gasteiger partial charge on any atom is 0.321 e. The van der Waals surface area contributed by atoms with Gasteiger partial charge in [0.15, 0.2) is 15.6 Å². The van der Waals surface area contributed by atoms with Gasteiger partial charge in [-0.3, -0.25) is 9.80 Å². The Morgan fingerprint density at radius 2 is 1.83 bits per heavy atom. The number of sulfone groups is 1. The number of hydrogen-bond donors (Lipinski definition) is 0. The highest BCUT2D eigenvalue weighted by molar-refractivity contribution is 7.92. The van der Waals surface area contributed by atoms with Crippen LogP contribution < -0.4 is 5.01 Å². The number of esters is 1. The lowest BCUT2D eigenvalue weighted by Gasteiger charge is -2.14. The van der Waals surface area contributed by atoms with Crippen LogP contribution in [0.4, 0.5) is 5.69 Å². The van der Waals surface area contributed by atoms with Crippen molar-refractivity contribution in [1.82, 2.24) is 0 Å². The van der Waals surface area contributed by atoms with Gasteiger partial charge in [-0.25, -0.2) is 8.42 Å². The molecule has 0 bridgehead atoms. The molecule has 2 aromatic carbocycles. The monoisotopic (exact) mass is 454 g/mol. The molecule has 0 aliphatic carbocycles. The smallest absolute Gasteiger partial charge is 0.321 e. The summed E-state index contributed by atoms with van der Waals surface area (Å²) in [4.78, 5) is 11.6. The van der Waals surface area contributed by atoms with Crippen LogP contribution in [0.25, 0.3) is 0 Å². The highest BCUT2D eigenvalue weighted by Crippen LogP contribution is 2.29. The Bertz CT molecular complexity index is 1070. The number of hydrogen-bond acceptors (Lipinski definition) is 6. The summed E-state index contributed by atoms with van der Waals surface area (Å²) >= 11 is 12.2. The van der Waals surface area contributed by atoms with Crippen molar-refractivity contribution in [1.29, 1.82) is 0 Å². The number of nitrogens with zero attached hydrogens (tertiary/aromatic N) is 2. The van der Waals surface area contributed by atoms with Gasteiger partial charge in [0.2, 0.25) is 0 Å². The molecule has 3 rings (SSSR count). The van der Waals surface area contributed by atoms with Gasteiger partial charge in [-0.15, -0.1) is 0 Å². The zero-order chi connectivity index (χ0) is 21.2. The third kappa shape index (κ3) is 4.91. The normalized spacial score (nSPS) is 14.1. The van der Waals surface area contributed by atoms with Crippen molar-refractivity contribution in [3.05, 3.63) is 57.6 Å². The largest absolute Gasteiger partial charge is 0.465 e. The quantitative estimate of drug-likeness (QED) is 0.609. The van der Waals surface area contributed by atoms with Crippen LogP contribution in [0.2, 0.25) is 10.0 Å². The molecule has 1 heterocycles. The molecule has 0 saturated carbocycles. The van der Waals surface area contributed by atoms with Crippen LogP contribution in [0.15, 0.2) is 46.4 Å². The van der Waals surface area contributed by atoms with Crippen molar-refractivity contribution in [3.8, 4) is 0 Å². The molecule has 9 heteroatoms. The molecule has 0 aromatic heterocycles. The molecule has 2 aromatic rings. The standard InChI is InChI=1S/C20H20Cl2N2O4S/c1-3-28-20(25)12-29(26,27)15-6-4-14(5-7-15)24-9-8-19(23-24)16-11-18(22)17(21)10-13(16)2/h4-7,10-11H,3,8-9,12H2,1-2H3. The van der Waals surface area contributed by atoms with Gasteiger partial charge in [0.1, 0.15) is 0 Å². The van der Waals surface area contributed by atoms with E-state index in [-0.39, 0.29) is 11.5 Å². The number of rotatable bonds is 6. The number of aryl methyl sites for hydroxylation is 1. The van der Waals surface area contributed by atoms with Crippen molar-refractivity contribution < 1.29 is 17.9 Å². The van der Waals surface area contributed by atoms with Gasteiger partial charge in [-0.2, -0.15) is 5.10 Å². The summed E-state index contributed by atoms with van der Waals surface area (Å²) in [5.41, 5.74) is 3.57. The fraction of sp³-hybridized carbons (Fsp3) is 0.300. The molecule has 0 atom stereocenters. The Labute approximate surface area is 180 Å². The SMILES string of the molecule is CCOC(=O)CS(=O)(=O)c1ccc(N2CCC(c3cc(Cl)c(Cl)cc3C)=N2)cc1. The van der Waals surface area contributed by atoms with E-state index in [4.69, 9.17) is 27.9 Å².